The van der Waals surface area contributed by atoms with Gasteiger partial charge in [-0.05, 0) is 231 Å². The molecule has 0 saturated carbocycles. The molecule has 2 aliphatic heterocycles. The van der Waals surface area contributed by atoms with E-state index >= 15 is 0 Å². The number of benzene rings is 15. The zero-order chi connectivity index (χ0) is 94.0. The van der Waals surface area contributed by atoms with Crippen molar-refractivity contribution in [2.45, 2.75) is 183 Å². The molecule has 2 aliphatic rings. The van der Waals surface area contributed by atoms with E-state index in [0.29, 0.717) is 5.69 Å². The molecule has 0 N–H and O–H groups in total. The summed E-state index contributed by atoms with van der Waals surface area (Å²) in [7, 11) is 0. The Balaban J connectivity index is 0.964. The van der Waals surface area contributed by atoms with E-state index < -0.39 is 43.0 Å². The Labute approximate surface area is 753 Å². The van der Waals surface area contributed by atoms with Crippen molar-refractivity contribution in [1.29, 1.82) is 0 Å². The fourth-order valence-electron chi connectivity index (χ4n) is 19.8. The van der Waals surface area contributed by atoms with Crippen LogP contribution >= 0.6 is 11.3 Å². The van der Waals surface area contributed by atoms with Gasteiger partial charge in [0.2, 0.25) is 0 Å². The molecule has 21 rings (SSSR count). The van der Waals surface area contributed by atoms with E-state index in [1.807, 2.05) is 17.4 Å². The van der Waals surface area contributed by atoms with Crippen molar-refractivity contribution in [3.8, 4) is 50.4 Å². The van der Waals surface area contributed by atoms with Gasteiger partial charge in [-0.1, -0.05) is 327 Å². The van der Waals surface area contributed by atoms with Gasteiger partial charge in [-0.15, -0.1) is 11.3 Å². The second kappa shape index (κ2) is 28.0. The highest BCUT2D eigenvalue weighted by molar-refractivity contribution is 7.27. The van der Waals surface area contributed by atoms with Crippen LogP contribution in [0.5, 0.6) is 0 Å². The highest BCUT2D eigenvalue weighted by atomic mass is 32.1. The fraction of sp³-hybridized carbons (Fsp3) is 0.237. The summed E-state index contributed by atoms with van der Waals surface area (Å²) in [6.45, 7) is 47.8. The maximum absolute atomic E-state index is 10.1. The molecular weight excluding hydrogens is 1530 g/mol. The number of hydrogen-bond acceptors (Lipinski definition) is 3. The summed E-state index contributed by atoms with van der Waals surface area (Å²) in [5.74, 6) is 0. The molecule has 0 aliphatic carbocycles. The molecule has 15 aromatic carbocycles. The van der Waals surface area contributed by atoms with E-state index in [1.54, 1.807) is 4.57 Å². The van der Waals surface area contributed by atoms with E-state index in [2.05, 4.69) is 407 Å². The van der Waals surface area contributed by atoms with Gasteiger partial charge >= 0.3 is 0 Å². The predicted octanol–water partition coefficient (Wildman–Crippen LogP) is 31.5. The molecule has 0 atom stereocenters. The van der Waals surface area contributed by atoms with Crippen LogP contribution in [-0.4, -0.2) is 20.4 Å². The first-order valence-electron chi connectivity index (χ1n) is 48.4. The Kier molecular flexibility index (Phi) is 15.9. The Bertz CT molecular complexity index is 7910. The summed E-state index contributed by atoms with van der Waals surface area (Å²) < 4.78 is 86.2. The van der Waals surface area contributed by atoms with Gasteiger partial charge in [0, 0.05) is 82.7 Å². The third-order valence-electron chi connectivity index (χ3n) is 26.9. The number of anilines is 6. The van der Waals surface area contributed by atoms with Crippen LogP contribution in [0.25, 0.3) is 136 Å². The SMILES string of the molecule is [2H]c1c([2H])c([2H])c2c(c1[2H])c1c([2H])c([2H])c([2H])c([2H])c1n2-c1ccc2c(c1)N(c1c(-c3ccccc3)cc(C(C)(C)C)cc1-c1ccccc1)c1cc(-n3c4ccc(C(C)(C)C)cc4c4cc(C(C)(C)C)ccc43)cc3c1B2c1ccc(-c2cc(C(C)(C)C)cc(C(C)(C)C)c2)cc1N3c1cccc2c1sc1c(-n3c4ccc(C(C)(C)C)cc4c4cc(C(C)(C)C)ccc43)cccc12. The third-order valence-corrected chi connectivity index (χ3v) is 28.2. The molecule has 5 nitrogen and oxygen atoms in total. The molecule has 618 valence electrons. The number of hydrogen-bond donors (Lipinski definition) is 0. The standard InChI is InChI=1S/C118H112BN5S/c1-112(2,3)75-47-54-98-90(62-75)91-63-76(113(4,5)6)48-55-99(91)121(98)83-69-106-108-107(70-83)124(109-88(71-34-24-22-25-35-71)66-81(118(19,20)21)67-89(109)72-36-26-23-27-37-72)105-68-82(120-96-42-30-28-38-84(96)85-39-29-31-43-97(85)120)51-53-95(105)119(108)94-52-46-73(74-58-79(116(13,14)15)61-80(59-74)117(16,17)18)60-104(94)123(106)103-45-33-41-87-86-40-32-44-102(110(86)125-111(87)103)122-100-56-49-77(114(7,8)9)64-92(100)93-65-78(115(10,11)12)50-57-101(93)122/h22-70H,1-21H3/i28D,29D,30D,31D,38D,39D,42D,43D. The summed E-state index contributed by atoms with van der Waals surface area (Å²) in [6, 6.07) is 90.8. The number of rotatable bonds is 8. The molecule has 0 bridgehead atoms. The average Bonchev–Trinajstić information content (AvgIpc) is 1.62. The van der Waals surface area contributed by atoms with Gasteiger partial charge in [0.05, 0.1) is 76.2 Å². The van der Waals surface area contributed by atoms with Crippen molar-refractivity contribution in [2.24, 2.45) is 0 Å². The summed E-state index contributed by atoms with van der Waals surface area (Å²) in [5, 5.41) is 7.03. The van der Waals surface area contributed by atoms with Crippen LogP contribution in [0.3, 0.4) is 0 Å². The van der Waals surface area contributed by atoms with E-state index in [4.69, 9.17) is 0 Å². The predicted molar refractivity (Wildman–Crippen MR) is 544 cm³/mol. The van der Waals surface area contributed by atoms with E-state index in [0.717, 1.165) is 154 Å². The Morgan fingerprint density at radius 2 is 0.632 bits per heavy atom. The highest BCUT2D eigenvalue weighted by Crippen LogP contribution is 2.56. The minimum absolute atomic E-state index is 0.00822. The van der Waals surface area contributed by atoms with Crippen molar-refractivity contribution < 1.29 is 11.0 Å². The lowest BCUT2D eigenvalue weighted by Gasteiger charge is -2.45. The molecular formula is C118H112BN5S. The molecule has 0 fully saturated rings. The van der Waals surface area contributed by atoms with E-state index in [1.165, 1.54) is 44.2 Å². The lowest BCUT2D eigenvalue weighted by Crippen LogP contribution is -2.61. The van der Waals surface area contributed by atoms with Crippen LogP contribution in [0.2, 0.25) is 0 Å². The first-order chi connectivity index (χ1) is 62.7. The zero-order valence-corrected chi connectivity index (χ0v) is 76.7. The van der Waals surface area contributed by atoms with Crippen LogP contribution in [0, 0.1) is 0 Å². The lowest BCUT2D eigenvalue weighted by atomic mass is 9.33. The topological polar surface area (TPSA) is 21.3 Å². The number of thiophene rings is 1. The minimum atomic E-state index is -0.546. The van der Waals surface area contributed by atoms with Crippen LogP contribution in [0.1, 0.15) is 195 Å². The maximum atomic E-state index is 10.1. The largest absolute Gasteiger partial charge is 0.310 e. The fourth-order valence-corrected chi connectivity index (χ4v) is 21.1. The van der Waals surface area contributed by atoms with Crippen LogP contribution in [0.4, 0.5) is 34.1 Å². The van der Waals surface area contributed by atoms with Gasteiger partial charge in [-0.2, -0.15) is 0 Å². The first-order valence-corrected chi connectivity index (χ1v) is 45.2. The number of fused-ring (bicyclic) bond motifs is 16. The quantitative estimate of drug-likeness (QED) is 0.141. The monoisotopic (exact) mass is 1650 g/mol. The summed E-state index contributed by atoms with van der Waals surface area (Å²) in [5.41, 5.74) is 28.7. The number of nitrogens with zero attached hydrogens (tertiary/aromatic N) is 5. The Morgan fingerprint density at radius 1 is 0.248 bits per heavy atom. The molecule has 4 aromatic heterocycles. The van der Waals surface area contributed by atoms with Crippen molar-refractivity contribution in [2.75, 3.05) is 9.80 Å². The van der Waals surface area contributed by atoms with E-state index in [9.17, 15) is 11.0 Å². The van der Waals surface area contributed by atoms with Gasteiger partial charge in [0.15, 0.2) is 0 Å². The van der Waals surface area contributed by atoms with Crippen molar-refractivity contribution >= 4 is 154 Å². The van der Waals surface area contributed by atoms with Gasteiger partial charge in [-0.3, -0.25) is 0 Å². The highest BCUT2D eigenvalue weighted by Gasteiger charge is 2.46. The molecule has 0 unspecified atom stereocenters. The van der Waals surface area contributed by atoms with Gasteiger partial charge in [-0.25, -0.2) is 0 Å². The van der Waals surface area contributed by atoms with Crippen LogP contribution in [0.15, 0.2) is 297 Å². The van der Waals surface area contributed by atoms with Crippen molar-refractivity contribution in [1.82, 2.24) is 13.7 Å². The third kappa shape index (κ3) is 13.0. The molecule has 19 aromatic rings. The maximum Gasteiger partial charge on any atom is 0.252 e. The molecule has 125 heavy (non-hydrogen) atoms. The van der Waals surface area contributed by atoms with Gasteiger partial charge in [0.1, 0.15) is 0 Å². The second-order valence-electron chi connectivity index (χ2n) is 42.5. The van der Waals surface area contributed by atoms with Crippen molar-refractivity contribution in [3.05, 3.63) is 336 Å². The second-order valence-corrected chi connectivity index (χ2v) is 43.5. The zero-order valence-electron chi connectivity index (χ0n) is 83.9. The van der Waals surface area contributed by atoms with Gasteiger partial charge < -0.3 is 23.5 Å². The number of aromatic nitrogens is 3. The molecule has 0 spiro atoms. The van der Waals surface area contributed by atoms with E-state index in [-0.39, 0.29) is 71.8 Å². The normalized spacial score (nSPS) is 14.5. The Hall–Kier alpha value is -12.4. The first kappa shape index (κ1) is 70.9. The smallest absolute Gasteiger partial charge is 0.252 e. The van der Waals surface area contributed by atoms with Crippen LogP contribution in [-0.2, 0) is 37.9 Å². The summed E-state index contributed by atoms with van der Waals surface area (Å²) >= 11 is 1.86. The average molecular weight is 1650 g/mol. The molecule has 0 radical (unpaired) electrons. The van der Waals surface area contributed by atoms with Crippen LogP contribution < -0.4 is 26.2 Å². The lowest BCUT2D eigenvalue weighted by molar-refractivity contribution is 0.569. The molecule has 7 heteroatoms. The minimum Gasteiger partial charge on any atom is -0.310 e. The molecule has 6 heterocycles. The summed E-state index contributed by atoms with van der Waals surface area (Å²) in [4.78, 5) is 5.14. The van der Waals surface area contributed by atoms with Gasteiger partial charge in [0.25, 0.3) is 6.71 Å². The summed E-state index contributed by atoms with van der Waals surface area (Å²) in [6.07, 6.45) is 0. The molecule has 0 amide bonds. The Morgan fingerprint density at radius 3 is 1.09 bits per heavy atom. The molecule has 0 saturated heterocycles. The number of para-hydroxylation sites is 2. The van der Waals surface area contributed by atoms with Crippen molar-refractivity contribution in [3.63, 3.8) is 0 Å².